The minimum atomic E-state index is 0.0419. The van der Waals surface area contributed by atoms with Gasteiger partial charge < -0.3 is 4.90 Å². The largest absolute Gasteiger partial charge is 0.336 e. The van der Waals surface area contributed by atoms with E-state index in [1.807, 2.05) is 17.9 Å². The molecule has 0 radical (unpaired) electrons. The molecule has 0 unspecified atom stereocenters. The number of rotatable bonds is 3. The highest BCUT2D eigenvalue weighted by Gasteiger charge is 2.36. The van der Waals surface area contributed by atoms with Gasteiger partial charge in [-0.05, 0) is 18.9 Å². The molecule has 0 aliphatic carbocycles. The van der Waals surface area contributed by atoms with Crippen LogP contribution in [0.5, 0.6) is 0 Å². The summed E-state index contributed by atoms with van der Waals surface area (Å²) in [5.74, 6) is 0.244. The third kappa shape index (κ3) is 3.00. The van der Waals surface area contributed by atoms with Gasteiger partial charge in [-0.1, -0.05) is 37.3 Å². The lowest BCUT2D eigenvalue weighted by Gasteiger charge is -2.40. The van der Waals surface area contributed by atoms with Crippen molar-refractivity contribution in [1.29, 1.82) is 0 Å². The van der Waals surface area contributed by atoms with Crippen LogP contribution in [0, 0.1) is 6.92 Å². The van der Waals surface area contributed by atoms with Gasteiger partial charge in [0.25, 0.3) is 0 Å². The SMILES string of the molecule is Cc1nc(CN2C[C@@](C)(c3ccccc3)CCC2=O)cs1. The number of carbonyl (C=O) groups is 1. The minimum Gasteiger partial charge on any atom is -0.336 e. The van der Waals surface area contributed by atoms with Crippen molar-refractivity contribution in [2.24, 2.45) is 0 Å². The molecule has 0 bridgehead atoms. The number of thiazole rings is 1. The molecule has 1 aliphatic rings. The molecule has 2 heterocycles. The first-order chi connectivity index (χ1) is 10.1. The molecule has 21 heavy (non-hydrogen) atoms. The first-order valence-corrected chi connectivity index (χ1v) is 8.19. The van der Waals surface area contributed by atoms with Gasteiger partial charge in [-0.2, -0.15) is 0 Å². The lowest BCUT2D eigenvalue weighted by molar-refractivity contribution is -0.136. The van der Waals surface area contributed by atoms with E-state index in [9.17, 15) is 4.79 Å². The normalized spacial score (nSPS) is 22.6. The van der Waals surface area contributed by atoms with Crippen molar-refractivity contribution >= 4 is 17.2 Å². The number of benzene rings is 1. The van der Waals surface area contributed by atoms with Gasteiger partial charge in [0.15, 0.2) is 0 Å². The van der Waals surface area contributed by atoms with Crippen LogP contribution in [-0.4, -0.2) is 22.3 Å². The van der Waals surface area contributed by atoms with E-state index < -0.39 is 0 Å². The topological polar surface area (TPSA) is 33.2 Å². The smallest absolute Gasteiger partial charge is 0.222 e. The summed E-state index contributed by atoms with van der Waals surface area (Å²) in [6, 6.07) is 10.5. The third-order valence-corrected chi connectivity index (χ3v) is 5.10. The molecule has 3 rings (SSSR count). The second-order valence-electron chi connectivity index (χ2n) is 6.03. The van der Waals surface area contributed by atoms with E-state index in [4.69, 9.17) is 0 Å². The molecule has 110 valence electrons. The fourth-order valence-electron chi connectivity index (χ4n) is 3.03. The van der Waals surface area contributed by atoms with E-state index in [0.29, 0.717) is 13.0 Å². The van der Waals surface area contributed by atoms with Crippen LogP contribution in [0.2, 0.25) is 0 Å². The molecule has 1 fully saturated rings. The van der Waals surface area contributed by atoms with Crippen molar-refractivity contribution in [3.05, 3.63) is 52.0 Å². The Morgan fingerprint density at radius 1 is 1.33 bits per heavy atom. The highest BCUT2D eigenvalue weighted by Crippen LogP contribution is 2.34. The fourth-order valence-corrected chi connectivity index (χ4v) is 3.63. The molecule has 1 aromatic heterocycles. The number of aryl methyl sites for hydroxylation is 1. The molecular formula is C17H20N2OS. The van der Waals surface area contributed by atoms with Gasteiger partial charge >= 0.3 is 0 Å². The maximum atomic E-state index is 12.2. The summed E-state index contributed by atoms with van der Waals surface area (Å²) < 4.78 is 0. The summed E-state index contributed by atoms with van der Waals surface area (Å²) in [6.07, 6.45) is 1.54. The van der Waals surface area contributed by atoms with E-state index in [-0.39, 0.29) is 11.3 Å². The van der Waals surface area contributed by atoms with E-state index >= 15 is 0 Å². The molecule has 0 saturated carbocycles. The van der Waals surface area contributed by atoms with E-state index in [1.165, 1.54) is 5.56 Å². The molecule has 4 heteroatoms. The average molecular weight is 300 g/mol. The molecule has 2 aromatic rings. The summed E-state index contributed by atoms with van der Waals surface area (Å²) in [5.41, 5.74) is 2.36. The van der Waals surface area contributed by atoms with E-state index in [1.54, 1.807) is 11.3 Å². The molecular weight excluding hydrogens is 280 g/mol. The molecule has 0 N–H and O–H groups in total. The molecule has 0 spiro atoms. The number of piperidine rings is 1. The summed E-state index contributed by atoms with van der Waals surface area (Å²) in [7, 11) is 0. The maximum Gasteiger partial charge on any atom is 0.222 e. The van der Waals surface area contributed by atoms with Crippen LogP contribution in [0.3, 0.4) is 0 Å². The third-order valence-electron chi connectivity index (χ3n) is 4.27. The first kappa shape index (κ1) is 14.3. The number of nitrogens with zero attached hydrogens (tertiary/aromatic N) is 2. The highest BCUT2D eigenvalue weighted by molar-refractivity contribution is 7.09. The predicted molar refractivity (Wildman–Crippen MR) is 85.3 cm³/mol. The number of carbonyl (C=O) groups excluding carboxylic acids is 1. The minimum absolute atomic E-state index is 0.0419. The van der Waals surface area contributed by atoms with Crippen LogP contribution in [0.15, 0.2) is 35.7 Å². The number of likely N-dealkylation sites (tertiary alicyclic amines) is 1. The van der Waals surface area contributed by atoms with Gasteiger partial charge in [0.05, 0.1) is 17.2 Å². The van der Waals surface area contributed by atoms with Crippen LogP contribution in [0.4, 0.5) is 0 Å². The van der Waals surface area contributed by atoms with Crippen LogP contribution >= 0.6 is 11.3 Å². The Morgan fingerprint density at radius 2 is 2.10 bits per heavy atom. The van der Waals surface area contributed by atoms with Gasteiger partial charge in [0.2, 0.25) is 5.91 Å². The Bertz CT molecular complexity index is 637. The number of hydrogen-bond acceptors (Lipinski definition) is 3. The van der Waals surface area contributed by atoms with Crippen LogP contribution < -0.4 is 0 Å². The Morgan fingerprint density at radius 3 is 2.76 bits per heavy atom. The van der Waals surface area contributed by atoms with Crippen molar-refractivity contribution in [2.75, 3.05) is 6.54 Å². The fraction of sp³-hybridized carbons (Fsp3) is 0.412. The van der Waals surface area contributed by atoms with Gasteiger partial charge in [0.1, 0.15) is 0 Å². The van der Waals surface area contributed by atoms with E-state index in [0.717, 1.165) is 23.7 Å². The van der Waals surface area contributed by atoms with Gasteiger partial charge in [0, 0.05) is 23.8 Å². The van der Waals surface area contributed by atoms with Crippen molar-refractivity contribution < 1.29 is 4.79 Å². The van der Waals surface area contributed by atoms with Crippen LogP contribution in [0.1, 0.15) is 36.0 Å². The molecule has 1 saturated heterocycles. The summed E-state index contributed by atoms with van der Waals surface area (Å²) in [5, 5.41) is 3.11. The predicted octanol–water partition coefficient (Wildman–Crippen LogP) is 3.53. The van der Waals surface area contributed by atoms with Gasteiger partial charge in [-0.15, -0.1) is 11.3 Å². The van der Waals surface area contributed by atoms with Crippen LogP contribution in [-0.2, 0) is 16.8 Å². The number of hydrogen-bond donors (Lipinski definition) is 0. The van der Waals surface area contributed by atoms with Crippen LogP contribution in [0.25, 0.3) is 0 Å². The lowest BCUT2D eigenvalue weighted by atomic mass is 9.75. The van der Waals surface area contributed by atoms with Crippen molar-refractivity contribution in [3.8, 4) is 0 Å². The Kier molecular flexibility index (Phi) is 3.81. The summed E-state index contributed by atoms with van der Waals surface area (Å²) in [4.78, 5) is 18.7. The Labute approximate surface area is 129 Å². The Hall–Kier alpha value is -1.68. The standard InChI is InChI=1S/C17H20N2OS/c1-13-18-15(11-21-13)10-19-12-17(2,9-8-16(19)20)14-6-4-3-5-7-14/h3-7,11H,8-10,12H2,1-2H3/t17-/m0/s1. The lowest BCUT2D eigenvalue weighted by Crippen LogP contribution is -2.47. The van der Waals surface area contributed by atoms with Gasteiger partial charge in [-0.3, -0.25) is 4.79 Å². The monoisotopic (exact) mass is 300 g/mol. The maximum absolute atomic E-state index is 12.2. The summed E-state index contributed by atoms with van der Waals surface area (Å²) >= 11 is 1.64. The quantitative estimate of drug-likeness (QED) is 0.869. The molecule has 1 atom stereocenters. The van der Waals surface area contributed by atoms with E-state index in [2.05, 4.69) is 41.6 Å². The molecule has 1 aromatic carbocycles. The Balaban J connectivity index is 1.80. The van der Waals surface area contributed by atoms with Crippen molar-refractivity contribution in [2.45, 2.75) is 38.6 Å². The summed E-state index contributed by atoms with van der Waals surface area (Å²) in [6.45, 7) is 5.66. The molecule has 3 nitrogen and oxygen atoms in total. The zero-order chi connectivity index (χ0) is 14.9. The van der Waals surface area contributed by atoms with Gasteiger partial charge in [-0.25, -0.2) is 4.98 Å². The zero-order valence-corrected chi connectivity index (χ0v) is 13.3. The first-order valence-electron chi connectivity index (χ1n) is 7.31. The molecule has 1 aliphatic heterocycles. The van der Waals surface area contributed by atoms with Crippen molar-refractivity contribution in [3.63, 3.8) is 0 Å². The second-order valence-corrected chi connectivity index (χ2v) is 7.10. The zero-order valence-electron chi connectivity index (χ0n) is 12.5. The number of aromatic nitrogens is 1. The van der Waals surface area contributed by atoms with Crippen molar-refractivity contribution in [1.82, 2.24) is 9.88 Å². The second kappa shape index (κ2) is 5.60. The highest BCUT2D eigenvalue weighted by atomic mass is 32.1. The number of amides is 1. The average Bonchev–Trinajstić information content (AvgIpc) is 2.89. The molecule has 1 amide bonds.